The van der Waals surface area contributed by atoms with Crippen molar-refractivity contribution >= 4 is 23.4 Å². The molecule has 0 saturated carbocycles. The fourth-order valence-corrected chi connectivity index (χ4v) is 4.02. The summed E-state index contributed by atoms with van der Waals surface area (Å²) >= 11 is 0. The predicted molar refractivity (Wildman–Crippen MR) is 148 cm³/mol. The SMILES string of the molecule is COC(=O)C[C@@H](C)c1ccc(Cn2cncc(-c3ccc(NC(=O)Nc4ccc(C)cc4)cc3)c2=O)cc1. The van der Waals surface area contributed by atoms with Gasteiger partial charge in [-0.15, -0.1) is 0 Å². The van der Waals surface area contributed by atoms with E-state index in [2.05, 4.69) is 15.6 Å². The molecule has 1 aromatic heterocycles. The highest BCUT2D eigenvalue weighted by atomic mass is 16.5. The van der Waals surface area contributed by atoms with E-state index in [-0.39, 0.29) is 23.5 Å². The molecule has 4 aromatic rings. The van der Waals surface area contributed by atoms with Gasteiger partial charge in [0.1, 0.15) is 0 Å². The molecule has 0 unspecified atom stereocenters. The minimum Gasteiger partial charge on any atom is -0.469 e. The lowest BCUT2D eigenvalue weighted by molar-refractivity contribution is -0.140. The quantitative estimate of drug-likeness (QED) is 0.301. The number of nitrogens with zero attached hydrogens (tertiary/aromatic N) is 2. The van der Waals surface area contributed by atoms with E-state index in [1.165, 1.54) is 13.4 Å². The Bertz CT molecular complexity index is 1460. The number of ether oxygens (including phenoxy) is 1. The Kier molecular flexibility index (Phi) is 8.33. The van der Waals surface area contributed by atoms with Gasteiger partial charge in [-0.2, -0.15) is 0 Å². The maximum atomic E-state index is 13.2. The van der Waals surface area contributed by atoms with Gasteiger partial charge in [0.05, 0.1) is 32.0 Å². The lowest BCUT2D eigenvalue weighted by Crippen LogP contribution is -2.22. The number of hydrogen-bond acceptors (Lipinski definition) is 5. The second-order valence-corrected chi connectivity index (χ2v) is 9.19. The van der Waals surface area contributed by atoms with E-state index < -0.39 is 0 Å². The molecule has 0 radical (unpaired) electrons. The first kappa shape index (κ1) is 26.3. The molecular formula is C30H30N4O4. The maximum Gasteiger partial charge on any atom is 0.323 e. The zero-order valence-electron chi connectivity index (χ0n) is 21.6. The number of carbonyl (C=O) groups is 2. The van der Waals surface area contributed by atoms with Crippen LogP contribution < -0.4 is 16.2 Å². The maximum absolute atomic E-state index is 13.2. The van der Waals surface area contributed by atoms with Gasteiger partial charge in [0.25, 0.3) is 5.56 Å². The van der Waals surface area contributed by atoms with Crippen LogP contribution in [0.3, 0.4) is 0 Å². The molecule has 0 aliphatic carbocycles. The summed E-state index contributed by atoms with van der Waals surface area (Å²) < 4.78 is 6.31. The van der Waals surface area contributed by atoms with Crippen LogP contribution in [0.1, 0.15) is 36.0 Å². The molecule has 8 nitrogen and oxygen atoms in total. The molecule has 2 amide bonds. The molecule has 38 heavy (non-hydrogen) atoms. The minimum atomic E-state index is -0.351. The van der Waals surface area contributed by atoms with E-state index in [1.54, 1.807) is 35.0 Å². The molecule has 4 rings (SSSR count). The van der Waals surface area contributed by atoms with Gasteiger partial charge in [0.2, 0.25) is 0 Å². The van der Waals surface area contributed by atoms with Crippen molar-refractivity contribution in [1.29, 1.82) is 0 Å². The largest absolute Gasteiger partial charge is 0.469 e. The fraction of sp³-hybridized carbons (Fsp3) is 0.200. The van der Waals surface area contributed by atoms with Crippen molar-refractivity contribution in [2.45, 2.75) is 32.7 Å². The number of anilines is 2. The number of hydrogen-bond donors (Lipinski definition) is 2. The fourth-order valence-electron chi connectivity index (χ4n) is 4.02. The molecular weight excluding hydrogens is 480 g/mol. The lowest BCUT2D eigenvalue weighted by atomic mass is 9.97. The Hall–Kier alpha value is -4.72. The minimum absolute atomic E-state index is 0.0374. The second kappa shape index (κ2) is 12.0. The molecule has 1 atom stereocenters. The van der Waals surface area contributed by atoms with Crippen LogP contribution in [0.4, 0.5) is 16.2 Å². The number of aryl methyl sites for hydroxylation is 1. The van der Waals surface area contributed by atoms with Gasteiger partial charge in [-0.1, -0.05) is 61.0 Å². The lowest BCUT2D eigenvalue weighted by Gasteiger charge is -2.12. The third-order valence-electron chi connectivity index (χ3n) is 6.27. The smallest absolute Gasteiger partial charge is 0.323 e. The Morgan fingerprint density at radius 2 is 1.53 bits per heavy atom. The van der Waals surface area contributed by atoms with Gasteiger partial charge >= 0.3 is 12.0 Å². The van der Waals surface area contributed by atoms with Gasteiger partial charge in [0.15, 0.2) is 0 Å². The molecule has 1 heterocycles. The molecule has 194 valence electrons. The zero-order valence-corrected chi connectivity index (χ0v) is 21.6. The molecule has 0 saturated heterocycles. The van der Waals surface area contributed by atoms with Crippen LogP contribution in [0, 0.1) is 6.92 Å². The van der Waals surface area contributed by atoms with Crippen LogP contribution >= 0.6 is 0 Å². The second-order valence-electron chi connectivity index (χ2n) is 9.19. The molecule has 0 aliphatic heterocycles. The normalized spacial score (nSPS) is 11.4. The third kappa shape index (κ3) is 6.73. The number of rotatable bonds is 8. The van der Waals surface area contributed by atoms with Crippen LogP contribution in [0.5, 0.6) is 0 Å². The summed E-state index contributed by atoms with van der Waals surface area (Å²) in [4.78, 5) is 41.3. The van der Waals surface area contributed by atoms with Crippen LogP contribution in [-0.2, 0) is 16.1 Å². The first-order valence-corrected chi connectivity index (χ1v) is 12.3. The summed E-state index contributed by atoms with van der Waals surface area (Å²) in [7, 11) is 1.38. The number of nitrogens with one attached hydrogen (secondary N) is 2. The average Bonchev–Trinajstić information content (AvgIpc) is 2.92. The number of carbonyl (C=O) groups excluding carboxylic acids is 2. The Morgan fingerprint density at radius 3 is 2.13 bits per heavy atom. The van der Waals surface area contributed by atoms with Crippen molar-refractivity contribution in [3.8, 4) is 11.1 Å². The molecule has 3 aromatic carbocycles. The summed E-state index contributed by atoms with van der Waals surface area (Å²) in [5.41, 5.74) is 5.38. The van der Waals surface area contributed by atoms with E-state index in [9.17, 15) is 14.4 Å². The van der Waals surface area contributed by atoms with E-state index in [4.69, 9.17) is 4.74 Å². The zero-order chi connectivity index (χ0) is 27.1. The summed E-state index contributed by atoms with van der Waals surface area (Å²) in [5.74, 6) is -0.208. The molecule has 0 aliphatic rings. The van der Waals surface area contributed by atoms with Crippen LogP contribution in [0.25, 0.3) is 11.1 Å². The highest BCUT2D eigenvalue weighted by molar-refractivity contribution is 5.99. The monoisotopic (exact) mass is 510 g/mol. The number of methoxy groups -OCH3 is 1. The summed E-state index contributed by atoms with van der Waals surface area (Å²) in [5, 5.41) is 5.58. The van der Waals surface area contributed by atoms with E-state index in [1.807, 2.05) is 62.4 Å². The molecule has 0 spiro atoms. The average molecular weight is 511 g/mol. The van der Waals surface area contributed by atoms with Crippen molar-refractivity contribution in [2.75, 3.05) is 17.7 Å². The third-order valence-corrected chi connectivity index (χ3v) is 6.27. The van der Waals surface area contributed by atoms with Crippen LogP contribution in [0.15, 0.2) is 90.1 Å². The molecule has 2 N–H and O–H groups in total. The number of benzene rings is 3. The van der Waals surface area contributed by atoms with Crippen molar-refractivity contribution in [1.82, 2.24) is 9.55 Å². The van der Waals surface area contributed by atoms with Crippen molar-refractivity contribution in [3.05, 3.63) is 112 Å². The number of urea groups is 1. The predicted octanol–water partition coefficient (Wildman–Crippen LogP) is 5.58. The van der Waals surface area contributed by atoms with E-state index >= 15 is 0 Å². The van der Waals surface area contributed by atoms with Gasteiger partial charge in [-0.05, 0) is 53.8 Å². The number of aromatic nitrogens is 2. The first-order valence-electron chi connectivity index (χ1n) is 12.3. The molecule has 8 heteroatoms. The number of amides is 2. The van der Waals surface area contributed by atoms with Crippen molar-refractivity contribution < 1.29 is 14.3 Å². The Labute approximate surface area is 221 Å². The summed E-state index contributed by atoms with van der Waals surface area (Å²) in [6.45, 7) is 4.32. The summed E-state index contributed by atoms with van der Waals surface area (Å²) in [6.07, 6.45) is 3.38. The van der Waals surface area contributed by atoms with Crippen molar-refractivity contribution in [2.24, 2.45) is 0 Å². The van der Waals surface area contributed by atoms with Crippen LogP contribution in [-0.4, -0.2) is 28.7 Å². The standard InChI is InChI=1S/C30H30N4O4/c1-20-4-12-25(13-5-20)32-30(37)33-26-14-10-24(11-15-26)27-17-31-19-34(29(27)36)18-22-6-8-23(9-7-22)21(2)16-28(35)38-3/h4-15,17,19,21H,16,18H2,1-3H3,(H2,32,33,37)/t21-/m1/s1. The Balaban J connectivity index is 1.42. The van der Waals surface area contributed by atoms with Crippen LogP contribution in [0.2, 0.25) is 0 Å². The Morgan fingerprint density at radius 1 is 0.921 bits per heavy atom. The van der Waals surface area contributed by atoms with Gasteiger partial charge in [0, 0.05) is 17.6 Å². The summed E-state index contributed by atoms with van der Waals surface area (Å²) in [6, 6.07) is 22.1. The topological polar surface area (TPSA) is 102 Å². The van der Waals surface area contributed by atoms with Crippen molar-refractivity contribution in [3.63, 3.8) is 0 Å². The number of esters is 1. The van der Waals surface area contributed by atoms with Gasteiger partial charge in [-0.25, -0.2) is 9.78 Å². The van der Waals surface area contributed by atoms with Gasteiger partial charge < -0.3 is 15.4 Å². The van der Waals surface area contributed by atoms with Gasteiger partial charge in [-0.3, -0.25) is 14.2 Å². The first-order chi connectivity index (χ1) is 18.3. The molecule has 0 fully saturated rings. The van der Waals surface area contributed by atoms with E-state index in [0.717, 1.165) is 16.7 Å². The highest BCUT2D eigenvalue weighted by Gasteiger charge is 2.12. The molecule has 0 bridgehead atoms. The highest BCUT2D eigenvalue weighted by Crippen LogP contribution is 2.21. The van der Waals surface area contributed by atoms with E-state index in [0.29, 0.717) is 35.5 Å².